The summed E-state index contributed by atoms with van der Waals surface area (Å²) in [5.74, 6) is 0.839. The SMILES string of the molecule is CCS(=O)(=O)CCOc1ccc(CC/C(C)=N/O)cc1. The van der Waals surface area contributed by atoms with Crippen molar-refractivity contribution in [3.63, 3.8) is 0 Å². The van der Waals surface area contributed by atoms with Crippen LogP contribution in [-0.4, -0.2) is 37.4 Å². The lowest BCUT2D eigenvalue weighted by Crippen LogP contribution is -2.15. The average molecular weight is 299 g/mol. The molecule has 0 aliphatic rings. The Kier molecular flexibility index (Phi) is 6.51. The number of oxime groups is 1. The smallest absolute Gasteiger partial charge is 0.153 e. The molecule has 0 aliphatic heterocycles. The van der Waals surface area contributed by atoms with E-state index in [4.69, 9.17) is 9.94 Å². The average Bonchev–Trinajstić information content (AvgIpc) is 2.46. The monoisotopic (exact) mass is 299 g/mol. The van der Waals surface area contributed by atoms with E-state index in [1.807, 2.05) is 24.3 Å². The molecule has 0 saturated heterocycles. The van der Waals surface area contributed by atoms with Crippen LogP contribution in [0.3, 0.4) is 0 Å². The molecule has 0 aliphatic carbocycles. The van der Waals surface area contributed by atoms with Gasteiger partial charge >= 0.3 is 0 Å². The van der Waals surface area contributed by atoms with E-state index >= 15 is 0 Å². The van der Waals surface area contributed by atoms with E-state index < -0.39 is 9.84 Å². The van der Waals surface area contributed by atoms with Gasteiger partial charge in [-0.1, -0.05) is 24.2 Å². The molecule has 1 aromatic rings. The van der Waals surface area contributed by atoms with Gasteiger partial charge in [-0.15, -0.1) is 0 Å². The maximum Gasteiger partial charge on any atom is 0.153 e. The van der Waals surface area contributed by atoms with Gasteiger partial charge in [-0.25, -0.2) is 8.42 Å². The Labute approximate surface area is 120 Å². The fourth-order valence-corrected chi connectivity index (χ4v) is 2.18. The molecule has 0 saturated carbocycles. The minimum atomic E-state index is -2.98. The van der Waals surface area contributed by atoms with Crippen molar-refractivity contribution in [3.05, 3.63) is 29.8 Å². The topological polar surface area (TPSA) is 76.0 Å². The number of hydrogen-bond acceptors (Lipinski definition) is 5. The lowest BCUT2D eigenvalue weighted by molar-refractivity contribution is 0.317. The van der Waals surface area contributed by atoms with Gasteiger partial charge in [0, 0.05) is 5.75 Å². The first-order valence-corrected chi connectivity index (χ1v) is 8.38. The molecule has 0 fully saturated rings. The van der Waals surface area contributed by atoms with Gasteiger partial charge in [-0.2, -0.15) is 0 Å². The standard InChI is InChI=1S/C14H21NO4S/c1-3-20(17,18)11-10-19-14-8-6-13(7-9-14)5-4-12(2)15-16/h6-9,16H,3-5,10-11H2,1-2H3/b15-12+. The molecule has 0 amide bonds. The van der Waals surface area contributed by atoms with Crippen molar-refractivity contribution < 1.29 is 18.4 Å². The van der Waals surface area contributed by atoms with Gasteiger partial charge in [0.25, 0.3) is 0 Å². The molecule has 20 heavy (non-hydrogen) atoms. The normalized spacial score (nSPS) is 12.4. The Morgan fingerprint density at radius 2 is 1.95 bits per heavy atom. The molecular weight excluding hydrogens is 278 g/mol. The molecule has 1 rings (SSSR count). The predicted molar refractivity (Wildman–Crippen MR) is 79.5 cm³/mol. The zero-order chi connectivity index (χ0) is 15.0. The second-order valence-electron chi connectivity index (χ2n) is 4.56. The summed E-state index contributed by atoms with van der Waals surface area (Å²) >= 11 is 0. The van der Waals surface area contributed by atoms with Crippen LogP contribution in [0, 0.1) is 0 Å². The first-order chi connectivity index (χ1) is 9.46. The summed E-state index contributed by atoms with van der Waals surface area (Å²) in [6, 6.07) is 7.49. The maximum absolute atomic E-state index is 11.3. The number of benzene rings is 1. The van der Waals surface area contributed by atoms with Gasteiger partial charge in [0.1, 0.15) is 12.4 Å². The van der Waals surface area contributed by atoms with Crippen molar-refractivity contribution in [2.45, 2.75) is 26.7 Å². The molecular formula is C14H21NO4S. The van der Waals surface area contributed by atoms with E-state index in [-0.39, 0.29) is 18.1 Å². The molecule has 1 N–H and O–H groups in total. The first-order valence-electron chi connectivity index (χ1n) is 6.56. The third-order valence-corrected chi connectivity index (χ3v) is 4.64. The van der Waals surface area contributed by atoms with Crippen LogP contribution in [-0.2, 0) is 16.3 Å². The summed E-state index contributed by atoms with van der Waals surface area (Å²) in [5.41, 5.74) is 1.80. The van der Waals surface area contributed by atoms with Gasteiger partial charge in [0.05, 0.1) is 11.5 Å². The van der Waals surface area contributed by atoms with Gasteiger partial charge in [-0.3, -0.25) is 0 Å². The number of sulfone groups is 1. The van der Waals surface area contributed by atoms with E-state index in [1.165, 1.54) is 0 Å². The van der Waals surface area contributed by atoms with Gasteiger partial charge in [0.2, 0.25) is 0 Å². The van der Waals surface area contributed by atoms with Crippen molar-refractivity contribution in [3.8, 4) is 5.75 Å². The van der Waals surface area contributed by atoms with E-state index in [1.54, 1.807) is 13.8 Å². The lowest BCUT2D eigenvalue weighted by Gasteiger charge is -2.07. The van der Waals surface area contributed by atoms with Crippen molar-refractivity contribution >= 4 is 15.5 Å². The summed E-state index contributed by atoms with van der Waals surface area (Å²) in [4.78, 5) is 0. The summed E-state index contributed by atoms with van der Waals surface area (Å²) in [5, 5.41) is 11.7. The second-order valence-corrected chi connectivity index (χ2v) is 7.04. The minimum Gasteiger partial charge on any atom is -0.493 e. The molecule has 5 nitrogen and oxygen atoms in total. The zero-order valence-electron chi connectivity index (χ0n) is 11.9. The van der Waals surface area contributed by atoms with E-state index in [0.29, 0.717) is 17.9 Å². The molecule has 0 bridgehead atoms. The quantitative estimate of drug-likeness (QED) is 0.454. The van der Waals surface area contributed by atoms with Gasteiger partial charge in [-0.05, 0) is 37.5 Å². The fourth-order valence-electron chi connectivity index (χ4n) is 1.56. The Morgan fingerprint density at radius 1 is 1.30 bits per heavy atom. The Balaban J connectivity index is 2.43. The zero-order valence-corrected chi connectivity index (χ0v) is 12.7. The Bertz CT molecular complexity index is 535. The van der Waals surface area contributed by atoms with E-state index in [9.17, 15) is 8.42 Å². The molecule has 112 valence electrons. The number of aryl methyl sites for hydroxylation is 1. The molecule has 0 unspecified atom stereocenters. The van der Waals surface area contributed by atoms with Crippen LogP contribution in [0.5, 0.6) is 5.75 Å². The van der Waals surface area contributed by atoms with Crippen LogP contribution in [0.2, 0.25) is 0 Å². The van der Waals surface area contributed by atoms with Crippen LogP contribution in [0.25, 0.3) is 0 Å². The highest BCUT2D eigenvalue weighted by Gasteiger charge is 2.07. The highest BCUT2D eigenvalue weighted by Crippen LogP contribution is 2.13. The van der Waals surface area contributed by atoms with E-state index in [0.717, 1.165) is 12.0 Å². The predicted octanol–water partition coefficient (Wildman–Crippen LogP) is 2.28. The summed E-state index contributed by atoms with van der Waals surface area (Å²) in [6.07, 6.45) is 1.49. The van der Waals surface area contributed by atoms with Crippen molar-refractivity contribution in [1.82, 2.24) is 0 Å². The van der Waals surface area contributed by atoms with E-state index in [2.05, 4.69) is 5.16 Å². The number of nitrogens with zero attached hydrogens (tertiary/aromatic N) is 1. The van der Waals surface area contributed by atoms with Crippen molar-refractivity contribution in [1.29, 1.82) is 0 Å². The van der Waals surface area contributed by atoms with Crippen LogP contribution in [0.4, 0.5) is 0 Å². The Hall–Kier alpha value is -1.56. The molecule has 0 atom stereocenters. The van der Waals surface area contributed by atoms with Crippen LogP contribution >= 0.6 is 0 Å². The molecule has 6 heteroatoms. The second kappa shape index (κ2) is 7.89. The molecule has 0 aromatic heterocycles. The van der Waals surface area contributed by atoms with Crippen LogP contribution in [0.15, 0.2) is 29.4 Å². The third-order valence-electron chi connectivity index (χ3n) is 2.97. The van der Waals surface area contributed by atoms with Gasteiger partial charge < -0.3 is 9.94 Å². The number of hydrogen-bond donors (Lipinski definition) is 1. The van der Waals surface area contributed by atoms with Crippen LogP contribution in [0.1, 0.15) is 25.8 Å². The highest BCUT2D eigenvalue weighted by atomic mass is 32.2. The Morgan fingerprint density at radius 3 is 2.50 bits per heavy atom. The first kappa shape index (κ1) is 16.5. The lowest BCUT2D eigenvalue weighted by atomic mass is 10.1. The molecule has 1 aromatic carbocycles. The third kappa shape index (κ3) is 6.06. The highest BCUT2D eigenvalue weighted by molar-refractivity contribution is 7.91. The van der Waals surface area contributed by atoms with Crippen molar-refractivity contribution in [2.24, 2.45) is 5.16 Å². The fraction of sp³-hybridized carbons (Fsp3) is 0.500. The molecule has 0 spiro atoms. The van der Waals surface area contributed by atoms with Crippen LogP contribution < -0.4 is 4.74 Å². The largest absolute Gasteiger partial charge is 0.493 e. The summed E-state index contributed by atoms with van der Waals surface area (Å²) in [7, 11) is -2.98. The number of rotatable bonds is 8. The molecule has 0 radical (unpaired) electrons. The maximum atomic E-state index is 11.3. The van der Waals surface area contributed by atoms with Gasteiger partial charge in [0.15, 0.2) is 9.84 Å². The summed E-state index contributed by atoms with van der Waals surface area (Å²) < 4.78 is 28.0. The molecule has 0 heterocycles. The minimum absolute atomic E-state index is 0.0391. The number of ether oxygens (including phenoxy) is 1. The summed E-state index contributed by atoms with van der Waals surface area (Å²) in [6.45, 7) is 3.57. The van der Waals surface area contributed by atoms with Crippen molar-refractivity contribution in [2.75, 3.05) is 18.1 Å².